The standard InChI is InChI=1S/C12H20O6/c1-11(2)14-5-6(16-11)8-7(13)9-10(15-8)18-12(3,4)17-9/h6-10,13H,5H2,1-4H3/t6?,7-,8-,9?,10-/m0/s1. The van der Waals surface area contributed by atoms with Crippen molar-refractivity contribution in [2.45, 2.75) is 70.0 Å². The zero-order valence-corrected chi connectivity index (χ0v) is 11.1. The van der Waals surface area contributed by atoms with E-state index in [0.29, 0.717) is 6.61 Å². The summed E-state index contributed by atoms with van der Waals surface area (Å²) in [6.45, 7) is 7.68. The predicted octanol–water partition coefficient (Wildman–Crippen LogP) is 0.375. The molecule has 6 nitrogen and oxygen atoms in total. The van der Waals surface area contributed by atoms with E-state index in [1.807, 2.05) is 13.8 Å². The maximum Gasteiger partial charge on any atom is 0.190 e. The molecular weight excluding hydrogens is 240 g/mol. The highest BCUT2D eigenvalue weighted by Gasteiger charge is 2.57. The van der Waals surface area contributed by atoms with Crippen LogP contribution in [0.1, 0.15) is 27.7 Å². The summed E-state index contributed by atoms with van der Waals surface area (Å²) in [6, 6.07) is 0. The highest BCUT2D eigenvalue weighted by Crippen LogP contribution is 2.40. The van der Waals surface area contributed by atoms with Gasteiger partial charge in [-0.3, -0.25) is 0 Å². The van der Waals surface area contributed by atoms with E-state index in [4.69, 9.17) is 23.7 Å². The molecule has 104 valence electrons. The quantitative estimate of drug-likeness (QED) is 0.735. The lowest BCUT2D eigenvalue weighted by Crippen LogP contribution is -2.42. The SMILES string of the molecule is CC1(C)OCC([C@@H]2O[C@H]3OC(C)(C)OC3[C@H]2O)O1. The molecule has 0 aromatic carbocycles. The van der Waals surface area contributed by atoms with Gasteiger partial charge >= 0.3 is 0 Å². The van der Waals surface area contributed by atoms with Gasteiger partial charge in [0.15, 0.2) is 17.9 Å². The van der Waals surface area contributed by atoms with Crippen LogP contribution in [0, 0.1) is 0 Å². The summed E-state index contributed by atoms with van der Waals surface area (Å²) in [7, 11) is 0. The lowest BCUT2D eigenvalue weighted by molar-refractivity contribution is -0.232. The molecular formula is C12H20O6. The van der Waals surface area contributed by atoms with Crippen molar-refractivity contribution in [2.75, 3.05) is 6.61 Å². The van der Waals surface area contributed by atoms with Crippen molar-refractivity contribution in [1.29, 1.82) is 0 Å². The van der Waals surface area contributed by atoms with E-state index in [1.165, 1.54) is 0 Å². The first-order valence-electron chi connectivity index (χ1n) is 6.28. The second-order valence-corrected chi connectivity index (χ2v) is 5.93. The predicted molar refractivity (Wildman–Crippen MR) is 59.6 cm³/mol. The fourth-order valence-corrected chi connectivity index (χ4v) is 2.70. The molecule has 0 saturated carbocycles. The first-order valence-corrected chi connectivity index (χ1v) is 6.28. The maximum atomic E-state index is 10.3. The number of ether oxygens (including phenoxy) is 5. The van der Waals surface area contributed by atoms with Crippen LogP contribution in [0.25, 0.3) is 0 Å². The fraction of sp³-hybridized carbons (Fsp3) is 1.00. The van der Waals surface area contributed by atoms with Crippen molar-refractivity contribution in [2.24, 2.45) is 0 Å². The number of aliphatic hydroxyl groups is 1. The van der Waals surface area contributed by atoms with Gasteiger partial charge in [0.05, 0.1) is 6.61 Å². The van der Waals surface area contributed by atoms with Gasteiger partial charge in [-0.2, -0.15) is 0 Å². The van der Waals surface area contributed by atoms with Crippen LogP contribution in [0.5, 0.6) is 0 Å². The summed E-state index contributed by atoms with van der Waals surface area (Å²) in [4.78, 5) is 0. The Labute approximate surface area is 106 Å². The minimum absolute atomic E-state index is 0.295. The number of hydrogen-bond acceptors (Lipinski definition) is 6. The second kappa shape index (κ2) is 3.88. The van der Waals surface area contributed by atoms with Gasteiger partial charge in [0.2, 0.25) is 0 Å². The van der Waals surface area contributed by atoms with Crippen molar-refractivity contribution in [1.82, 2.24) is 0 Å². The Hall–Kier alpha value is -0.240. The Kier molecular flexibility index (Phi) is 2.75. The molecule has 0 aromatic rings. The fourth-order valence-electron chi connectivity index (χ4n) is 2.70. The van der Waals surface area contributed by atoms with E-state index in [1.54, 1.807) is 13.8 Å². The Morgan fingerprint density at radius 3 is 2.22 bits per heavy atom. The maximum absolute atomic E-state index is 10.3. The molecule has 2 unspecified atom stereocenters. The Morgan fingerprint density at radius 1 is 0.944 bits per heavy atom. The molecule has 1 N–H and O–H groups in total. The molecule has 3 heterocycles. The molecule has 0 bridgehead atoms. The molecule has 3 aliphatic rings. The highest BCUT2D eigenvalue weighted by atomic mass is 16.8. The number of rotatable bonds is 1. The zero-order chi connectivity index (χ0) is 13.1. The van der Waals surface area contributed by atoms with Gasteiger partial charge in [0.1, 0.15) is 24.4 Å². The van der Waals surface area contributed by atoms with E-state index in [-0.39, 0.29) is 6.10 Å². The Bertz CT molecular complexity index is 341. The van der Waals surface area contributed by atoms with Crippen LogP contribution in [0.4, 0.5) is 0 Å². The minimum Gasteiger partial charge on any atom is -0.387 e. The monoisotopic (exact) mass is 260 g/mol. The molecule has 18 heavy (non-hydrogen) atoms. The lowest BCUT2D eigenvalue weighted by atomic mass is 10.1. The van der Waals surface area contributed by atoms with Crippen LogP contribution in [-0.4, -0.2) is 54.0 Å². The third-order valence-corrected chi connectivity index (χ3v) is 3.45. The van der Waals surface area contributed by atoms with Gasteiger partial charge in [-0.25, -0.2) is 0 Å². The lowest BCUT2D eigenvalue weighted by Gasteiger charge is -2.26. The topological polar surface area (TPSA) is 66.4 Å². The average molecular weight is 260 g/mol. The molecule has 3 aliphatic heterocycles. The summed E-state index contributed by atoms with van der Waals surface area (Å²) in [6.07, 6.45) is -2.53. The molecule has 3 fully saturated rings. The zero-order valence-electron chi connectivity index (χ0n) is 11.1. The summed E-state index contributed by atoms with van der Waals surface area (Å²) >= 11 is 0. The normalized spacial score (nSPS) is 49.5. The molecule has 5 atom stereocenters. The molecule has 0 spiro atoms. The van der Waals surface area contributed by atoms with Crippen molar-refractivity contribution in [3.8, 4) is 0 Å². The van der Waals surface area contributed by atoms with Crippen molar-refractivity contribution in [3.05, 3.63) is 0 Å². The van der Waals surface area contributed by atoms with Gasteiger partial charge in [-0.15, -0.1) is 0 Å². The van der Waals surface area contributed by atoms with Crippen LogP contribution < -0.4 is 0 Å². The number of fused-ring (bicyclic) bond motifs is 1. The molecule has 6 heteroatoms. The molecule has 0 aromatic heterocycles. The third kappa shape index (κ3) is 2.07. The minimum atomic E-state index is -0.765. The summed E-state index contributed by atoms with van der Waals surface area (Å²) < 4.78 is 28.1. The van der Waals surface area contributed by atoms with Crippen LogP contribution in [0.15, 0.2) is 0 Å². The van der Waals surface area contributed by atoms with E-state index < -0.39 is 36.2 Å². The van der Waals surface area contributed by atoms with E-state index in [2.05, 4.69) is 0 Å². The van der Waals surface area contributed by atoms with Crippen molar-refractivity contribution >= 4 is 0 Å². The van der Waals surface area contributed by atoms with Crippen molar-refractivity contribution in [3.63, 3.8) is 0 Å². The van der Waals surface area contributed by atoms with Gasteiger partial charge < -0.3 is 28.8 Å². The highest BCUT2D eigenvalue weighted by molar-refractivity contribution is 4.97. The molecule has 3 rings (SSSR count). The number of aliphatic hydroxyl groups excluding tert-OH is 1. The summed E-state index contributed by atoms with van der Waals surface area (Å²) in [5.74, 6) is -1.35. The Morgan fingerprint density at radius 2 is 1.67 bits per heavy atom. The van der Waals surface area contributed by atoms with Gasteiger partial charge in [0, 0.05) is 0 Å². The van der Waals surface area contributed by atoms with Crippen LogP contribution in [-0.2, 0) is 23.7 Å². The Balaban J connectivity index is 1.68. The first-order chi connectivity index (χ1) is 8.27. The molecule has 0 radical (unpaired) electrons. The molecule has 0 aliphatic carbocycles. The van der Waals surface area contributed by atoms with Crippen LogP contribution in [0.3, 0.4) is 0 Å². The van der Waals surface area contributed by atoms with Gasteiger partial charge in [-0.1, -0.05) is 0 Å². The van der Waals surface area contributed by atoms with E-state index in [9.17, 15) is 5.11 Å². The molecule has 3 saturated heterocycles. The smallest absolute Gasteiger partial charge is 0.190 e. The second-order valence-electron chi connectivity index (χ2n) is 5.93. The van der Waals surface area contributed by atoms with Gasteiger partial charge in [0.25, 0.3) is 0 Å². The summed E-state index contributed by atoms with van der Waals surface area (Å²) in [5.41, 5.74) is 0. The van der Waals surface area contributed by atoms with Crippen LogP contribution in [0.2, 0.25) is 0 Å². The average Bonchev–Trinajstić information content (AvgIpc) is 2.81. The van der Waals surface area contributed by atoms with Gasteiger partial charge in [-0.05, 0) is 27.7 Å². The van der Waals surface area contributed by atoms with Crippen molar-refractivity contribution < 1.29 is 28.8 Å². The number of hydrogen-bond donors (Lipinski definition) is 1. The van der Waals surface area contributed by atoms with Crippen LogP contribution >= 0.6 is 0 Å². The van der Waals surface area contributed by atoms with E-state index in [0.717, 1.165) is 0 Å². The summed E-state index contributed by atoms with van der Waals surface area (Å²) in [5, 5.41) is 10.3. The van der Waals surface area contributed by atoms with E-state index >= 15 is 0 Å². The third-order valence-electron chi connectivity index (χ3n) is 3.45. The first kappa shape index (κ1) is 12.8. The largest absolute Gasteiger partial charge is 0.387 e. The molecule has 0 amide bonds.